The molecule has 0 radical (unpaired) electrons. The lowest BCUT2D eigenvalue weighted by Gasteiger charge is -2.33. The Morgan fingerprint density at radius 1 is 1.29 bits per heavy atom. The standard InChI is InChI=1S/C19H31N3O5S/c1-14(2)11-22(12-19(3,4)7-8-21-18(23)10-20)28(24,25)15-5-6-16-17(9-15)27-13-26-16/h5-6,9,14H,7-8,10-13,20H2,1-4H3,(H,21,23). The summed E-state index contributed by atoms with van der Waals surface area (Å²) in [5.74, 6) is 0.930. The molecule has 0 saturated carbocycles. The second kappa shape index (κ2) is 9.11. The maximum Gasteiger partial charge on any atom is 0.243 e. The Morgan fingerprint density at radius 2 is 1.96 bits per heavy atom. The van der Waals surface area contributed by atoms with Crippen molar-refractivity contribution in [2.45, 2.75) is 39.0 Å². The molecule has 2 rings (SSSR count). The summed E-state index contributed by atoms with van der Waals surface area (Å²) in [4.78, 5) is 11.5. The molecule has 1 aromatic carbocycles. The summed E-state index contributed by atoms with van der Waals surface area (Å²) >= 11 is 0. The van der Waals surface area contributed by atoms with Crippen molar-refractivity contribution in [2.24, 2.45) is 17.1 Å². The van der Waals surface area contributed by atoms with Crippen LogP contribution in [0.15, 0.2) is 23.1 Å². The molecule has 1 aromatic rings. The van der Waals surface area contributed by atoms with Gasteiger partial charge in [0.25, 0.3) is 0 Å². The van der Waals surface area contributed by atoms with Gasteiger partial charge >= 0.3 is 0 Å². The van der Waals surface area contributed by atoms with Crippen LogP contribution in [-0.2, 0) is 14.8 Å². The van der Waals surface area contributed by atoms with Gasteiger partial charge in [0.15, 0.2) is 11.5 Å². The molecule has 0 fully saturated rings. The first kappa shape index (κ1) is 22.4. The van der Waals surface area contributed by atoms with Crippen LogP contribution in [0, 0.1) is 11.3 Å². The number of hydrogen-bond donors (Lipinski definition) is 2. The Morgan fingerprint density at radius 3 is 2.61 bits per heavy atom. The summed E-state index contributed by atoms with van der Waals surface area (Å²) in [7, 11) is -3.71. The summed E-state index contributed by atoms with van der Waals surface area (Å²) in [6.45, 7) is 9.16. The van der Waals surface area contributed by atoms with E-state index in [1.807, 2.05) is 27.7 Å². The van der Waals surface area contributed by atoms with E-state index in [2.05, 4.69) is 5.32 Å². The highest BCUT2D eigenvalue weighted by Gasteiger charge is 2.32. The van der Waals surface area contributed by atoms with Gasteiger partial charge in [-0.3, -0.25) is 4.79 Å². The van der Waals surface area contributed by atoms with E-state index in [0.717, 1.165) is 0 Å². The number of benzene rings is 1. The number of nitrogens with zero attached hydrogens (tertiary/aromatic N) is 1. The minimum atomic E-state index is -3.71. The van der Waals surface area contributed by atoms with Crippen LogP contribution in [0.2, 0.25) is 0 Å². The molecule has 0 aliphatic carbocycles. The van der Waals surface area contributed by atoms with Crippen molar-refractivity contribution in [3.8, 4) is 11.5 Å². The maximum absolute atomic E-state index is 13.3. The van der Waals surface area contributed by atoms with Crippen molar-refractivity contribution in [3.05, 3.63) is 18.2 Å². The molecule has 8 nitrogen and oxygen atoms in total. The SMILES string of the molecule is CC(C)CN(CC(C)(C)CCNC(=O)CN)S(=O)(=O)c1ccc2c(c1)OCO2. The van der Waals surface area contributed by atoms with Crippen LogP contribution in [0.1, 0.15) is 34.1 Å². The minimum Gasteiger partial charge on any atom is -0.454 e. The Bertz CT molecular complexity index is 793. The van der Waals surface area contributed by atoms with E-state index in [9.17, 15) is 13.2 Å². The molecule has 1 amide bonds. The third-order valence-corrected chi connectivity index (χ3v) is 6.27. The fourth-order valence-electron chi connectivity index (χ4n) is 3.01. The van der Waals surface area contributed by atoms with Gasteiger partial charge in [0.1, 0.15) is 0 Å². The highest BCUT2D eigenvalue weighted by atomic mass is 32.2. The van der Waals surface area contributed by atoms with Gasteiger partial charge in [-0.2, -0.15) is 4.31 Å². The molecular weight excluding hydrogens is 382 g/mol. The predicted octanol–water partition coefficient (Wildman–Crippen LogP) is 1.55. The van der Waals surface area contributed by atoms with Crippen LogP contribution in [0.5, 0.6) is 11.5 Å². The topological polar surface area (TPSA) is 111 Å². The van der Waals surface area contributed by atoms with E-state index in [-0.39, 0.29) is 35.5 Å². The minimum absolute atomic E-state index is 0.0571. The highest BCUT2D eigenvalue weighted by Crippen LogP contribution is 2.35. The normalized spacial score (nSPS) is 14.0. The Hall–Kier alpha value is -1.84. The zero-order valence-corrected chi connectivity index (χ0v) is 17.8. The van der Waals surface area contributed by atoms with Gasteiger partial charge in [0, 0.05) is 25.7 Å². The van der Waals surface area contributed by atoms with Crippen molar-refractivity contribution in [1.82, 2.24) is 9.62 Å². The second-order valence-corrected chi connectivity index (χ2v) is 10.1. The summed E-state index contributed by atoms with van der Waals surface area (Å²) in [6, 6.07) is 4.68. The van der Waals surface area contributed by atoms with Gasteiger partial charge in [-0.1, -0.05) is 27.7 Å². The summed E-state index contributed by atoms with van der Waals surface area (Å²) in [5, 5.41) is 2.74. The number of nitrogens with one attached hydrogen (secondary N) is 1. The lowest BCUT2D eigenvalue weighted by atomic mass is 9.89. The van der Waals surface area contributed by atoms with Crippen LogP contribution in [0.4, 0.5) is 0 Å². The fourth-order valence-corrected chi connectivity index (χ4v) is 4.82. The van der Waals surface area contributed by atoms with Crippen LogP contribution in [-0.4, -0.2) is 51.6 Å². The summed E-state index contributed by atoms with van der Waals surface area (Å²) in [6.07, 6.45) is 0.629. The van der Waals surface area contributed by atoms with Crippen molar-refractivity contribution < 1.29 is 22.7 Å². The molecule has 0 atom stereocenters. The van der Waals surface area contributed by atoms with Crippen LogP contribution in [0.3, 0.4) is 0 Å². The first-order chi connectivity index (χ1) is 13.0. The van der Waals surface area contributed by atoms with E-state index in [4.69, 9.17) is 15.2 Å². The number of carbonyl (C=O) groups excluding carboxylic acids is 1. The van der Waals surface area contributed by atoms with Gasteiger partial charge in [-0.15, -0.1) is 0 Å². The molecule has 28 heavy (non-hydrogen) atoms. The van der Waals surface area contributed by atoms with E-state index in [0.29, 0.717) is 37.6 Å². The van der Waals surface area contributed by atoms with E-state index in [1.165, 1.54) is 10.4 Å². The first-order valence-electron chi connectivity index (χ1n) is 9.42. The Labute approximate surface area is 167 Å². The molecular formula is C19H31N3O5S. The lowest BCUT2D eigenvalue weighted by molar-refractivity contribution is -0.119. The summed E-state index contributed by atoms with van der Waals surface area (Å²) in [5.41, 5.74) is 4.97. The molecule has 1 heterocycles. The van der Waals surface area contributed by atoms with Crippen molar-refractivity contribution in [2.75, 3.05) is 33.0 Å². The first-order valence-corrected chi connectivity index (χ1v) is 10.9. The molecule has 1 aliphatic rings. The Kier molecular flexibility index (Phi) is 7.30. The third-order valence-electron chi connectivity index (χ3n) is 4.46. The quantitative estimate of drug-likeness (QED) is 0.602. The van der Waals surface area contributed by atoms with Gasteiger partial charge in [0.2, 0.25) is 22.7 Å². The molecule has 0 unspecified atom stereocenters. The maximum atomic E-state index is 13.3. The molecule has 1 aliphatic heterocycles. The zero-order chi connectivity index (χ0) is 20.9. The Balaban J connectivity index is 2.18. The average molecular weight is 414 g/mol. The van der Waals surface area contributed by atoms with Crippen LogP contribution < -0.4 is 20.5 Å². The van der Waals surface area contributed by atoms with Crippen LogP contribution in [0.25, 0.3) is 0 Å². The molecule has 0 spiro atoms. The molecule has 0 bridgehead atoms. The van der Waals surface area contributed by atoms with E-state index in [1.54, 1.807) is 12.1 Å². The zero-order valence-electron chi connectivity index (χ0n) is 17.0. The molecule has 0 aromatic heterocycles. The fraction of sp³-hybridized carbons (Fsp3) is 0.632. The van der Waals surface area contributed by atoms with E-state index < -0.39 is 10.0 Å². The number of rotatable bonds is 10. The molecule has 9 heteroatoms. The van der Waals surface area contributed by atoms with Crippen molar-refractivity contribution in [3.63, 3.8) is 0 Å². The predicted molar refractivity (Wildman–Crippen MR) is 107 cm³/mol. The number of amides is 1. The number of sulfonamides is 1. The van der Waals surface area contributed by atoms with Gasteiger partial charge in [-0.25, -0.2) is 8.42 Å². The number of ether oxygens (including phenoxy) is 2. The van der Waals surface area contributed by atoms with Crippen molar-refractivity contribution in [1.29, 1.82) is 0 Å². The van der Waals surface area contributed by atoms with Crippen LogP contribution >= 0.6 is 0 Å². The molecule has 3 N–H and O–H groups in total. The smallest absolute Gasteiger partial charge is 0.243 e. The van der Waals surface area contributed by atoms with Gasteiger partial charge in [-0.05, 0) is 29.9 Å². The molecule has 0 saturated heterocycles. The number of hydrogen-bond acceptors (Lipinski definition) is 6. The summed E-state index contributed by atoms with van der Waals surface area (Å²) < 4.78 is 38.7. The highest BCUT2D eigenvalue weighted by molar-refractivity contribution is 7.89. The third kappa shape index (κ3) is 5.83. The van der Waals surface area contributed by atoms with Gasteiger partial charge < -0.3 is 20.5 Å². The number of carbonyl (C=O) groups is 1. The molecule has 158 valence electrons. The van der Waals surface area contributed by atoms with E-state index >= 15 is 0 Å². The number of fused-ring (bicyclic) bond motifs is 1. The monoisotopic (exact) mass is 413 g/mol. The lowest BCUT2D eigenvalue weighted by Crippen LogP contribution is -2.42. The average Bonchev–Trinajstić information content (AvgIpc) is 3.07. The van der Waals surface area contributed by atoms with Crippen molar-refractivity contribution >= 4 is 15.9 Å². The largest absolute Gasteiger partial charge is 0.454 e. The van der Waals surface area contributed by atoms with Gasteiger partial charge in [0.05, 0.1) is 11.4 Å². The number of nitrogens with two attached hydrogens (primary N) is 1. The second-order valence-electron chi connectivity index (χ2n) is 8.17.